The van der Waals surface area contributed by atoms with Crippen molar-refractivity contribution in [3.63, 3.8) is 0 Å². The quantitative estimate of drug-likeness (QED) is 0.824. The van der Waals surface area contributed by atoms with Crippen molar-refractivity contribution >= 4 is 11.8 Å². The molecule has 1 atom stereocenters. The maximum atomic E-state index is 12.8. The highest BCUT2D eigenvalue weighted by Crippen LogP contribution is 2.19. The van der Waals surface area contributed by atoms with Gasteiger partial charge in [0.15, 0.2) is 0 Å². The van der Waals surface area contributed by atoms with Gasteiger partial charge in [0, 0.05) is 19.5 Å². The number of halogens is 1. The third kappa shape index (κ3) is 5.03. The molecular formula is C18H26FN3O2. The van der Waals surface area contributed by atoms with Crippen LogP contribution < -0.4 is 10.6 Å². The Morgan fingerprint density at radius 2 is 1.88 bits per heavy atom. The van der Waals surface area contributed by atoms with Gasteiger partial charge in [-0.1, -0.05) is 12.1 Å². The van der Waals surface area contributed by atoms with E-state index in [0.29, 0.717) is 13.0 Å². The molecular weight excluding hydrogens is 309 g/mol. The van der Waals surface area contributed by atoms with Gasteiger partial charge in [0.2, 0.25) is 11.8 Å². The molecule has 1 heterocycles. The van der Waals surface area contributed by atoms with E-state index in [0.717, 1.165) is 31.5 Å². The summed E-state index contributed by atoms with van der Waals surface area (Å²) >= 11 is 0. The number of likely N-dealkylation sites (tertiary alicyclic amines) is 1. The Bertz CT molecular complexity index is 554. The van der Waals surface area contributed by atoms with Crippen molar-refractivity contribution in [2.45, 2.75) is 32.2 Å². The predicted octanol–water partition coefficient (Wildman–Crippen LogP) is 1.33. The largest absolute Gasteiger partial charge is 0.359 e. The first-order chi connectivity index (χ1) is 11.5. The molecule has 0 aromatic heterocycles. The monoisotopic (exact) mass is 335 g/mol. The first-order valence-electron chi connectivity index (χ1n) is 8.49. The molecule has 0 aliphatic carbocycles. The van der Waals surface area contributed by atoms with Crippen molar-refractivity contribution in [2.75, 3.05) is 26.7 Å². The number of hydrogen-bond acceptors (Lipinski definition) is 3. The summed E-state index contributed by atoms with van der Waals surface area (Å²) in [6.45, 7) is 3.94. The normalized spacial score (nSPS) is 17.3. The molecule has 0 bridgehead atoms. The van der Waals surface area contributed by atoms with Crippen LogP contribution in [0.4, 0.5) is 4.39 Å². The molecule has 132 valence electrons. The first kappa shape index (κ1) is 18.4. The van der Waals surface area contributed by atoms with Gasteiger partial charge in [0.1, 0.15) is 5.82 Å². The second kappa shape index (κ2) is 8.78. The molecule has 1 aromatic carbocycles. The lowest BCUT2D eigenvalue weighted by atomic mass is 9.95. The highest BCUT2D eigenvalue weighted by atomic mass is 19.1. The lowest BCUT2D eigenvalue weighted by Gasteiger charge is -2.34. The van der Waals surface area contributed by atoms with Crippen molar-refractivity contribution in [2.24, 2.45) is 5.92 Å². The van der Waals surface area contributed by atoms with Crippen LogP contribution >= 0.6 is 0 Å². The van der Waals surface area contributed by atoms with Gasteiger partial charge in [0.25, 0.3) is 0 Å². The maximum Gasteiger partial charge on any atom is 0.237 e. The summed E-state index contributed by atoms with van der Waals surface area (Å²) < 4.78 is 12.8. The van der Waals surface area contributed by atoms with Crippen molar-refractivity contribution in [3.8, 4) is 0 Å². The Labute approximate surface area is 142 Å². The second-order valence-electron chi connectivity index (χ2n) is 6.27. The average molecular weight is 335 g/mol. The number of nitrogens with zero attached hydrogens (tertiary/aromatic N) is 1. The van der Waals surface area contributed by atoms with Gasteiger partial charge < -0.3 is 10.6 Å². The van der Waals surface area contributed by atoms with Gasteiger partial charge in [-0.05, 0) is 57.0 Å². The van der Waals surface area contributed by atoms with Gasteiger partial charge in [-0.15, -0.1) is 0 Å². The number of nitrogens with one attached hydrogen (secondary N) is 2. The van der Waals surface area contributed by atoms with Gasteiger partial charge in [0.05, 0.1) is 6.04 Å². The molecule has 6 heteroatoms. The Kier molecular flexibility index (Phi) is 6.73. The molecule has 1 aliphatic rings. The zero-order valence-electron chi connectivity index (χ0n) is 14.3. The fourth-order valence-corrected chi connectivity index (χ4v) is 3.05. The summed E-state index contributed by atoms with van der Waals surface area (Å²) in [5.41, 5.74) is 0.996. The molecule has 2 rings (SSSR count). The lowest BCUT2D eigenvalue weighted by Crippen LogP contribution is -2.49. The van der Waals surface area contributed by atoms with E-state index in [1.54, 1.807) is 19.2 Å². The van der Waals surface area contributed by atoms with Crippen LogP contribution in [0.25, 0.3) is 0 Å². The maximum absolute atomic E-state index is 12.8. The summed E-state index contributed by atoms with van der Waals surface area (Å²) in [6, 6.07) is 6.11. The number of amides is 2. The van der Waals surface area contributed by atoms with Crippen molar-refractivity contribution < 1.29 is 14.0 Å². The molecule has 0 saturated carbocycles. The van der Waals surface area contributed by atoms with E-state index in [4.69, 9.17) is 0 Å². The molecule has 24 heavy (non-hydrogen) atoms. The number of piperidine rings is 1. The third-order valence-corrected chi connectivity index (χ3v) is 4.70. The average Bonchev–Trinajstić information content (AvgIpc) is 2.62. The molecule has 1 fully saturated rings. The third-order valence-electron chi connectivity index (χ3n) is 4.70. The van der Waals surface area contributed by atoms with E-state index in [1.807, 2.05) is 6.92 Å². The first-order valence-corrected chi connectivity index (χ1v) is 8.49. The minimum absolute atomic E-state index is 0.00416. The molecule has 1 aliphatic heterocycles. The van der Waals surface area contributed by atoms with E-state index in [9.17, 15) is 14.0 Å². The zero-order valence-corrected chi connectivity index (χ0v) is 14.3. The van der Waals surface area contributed by atoms with Crippen LogP contribution in [-0.2, 0) is 16.0 Å². The molecule has 5 nitrogen and oxygen atoms in total. The second-order valence-corrected chi connectivity index (χ2v) is 6.27. The summed E-state index contributed by atoms with van der Waals surface area (Å²) in [7, 11) is 1.66. The molecule has 1 unspecified atom stereocenters. The van der Waals surface area contributed by atoms with Crippen LogP contribution in [0.3, 0.4) is 0 Å². The van der Waals surface area contributed by atoms with Crippen molar-refractivity contribution in [1.82, 2.24) is 15.5 Å². The van der Waals surface area contributed by atoms with Gasteiger partial charge in [-0.3, -0.25) is 14.5 Å². The Hall–Kier alpha value is -1.95. The molecule has 2 amide bonds. The Morgan fingerprint density at radius 1 is 1.25 bits per heavy atom. The minimum atomic E-state index is -0.253. The van der Waals surface area contributed by atoms with Crippen molar-refractivity contribution in [3.05, 3.63) is 35.6 Å². The van der Waals surface area contributed by atoms with Crippen LogP contribution in [0, 0.1) is 11.7 Å². The van der Waals surface area contributed by atoms with Crippen LogP contribution in [0.1, 0.15) is 25.3 Å². The Balaban J connectivity index is 1.72. The molecule has 0 spiro atoms. The number of benzene rings is 1. The van der Waals surface area contributed by atoms with Crippen molar-refractivity contribution in [1.29, 1.82) is 0 Å². The SMILES string of the molecule is CNC(=O)C1CCN(C(C)C(=O)NCCc2ccc(F)cc2)CC1. The predicted molar refractivity (Wildman–Crippen MR) is 90.9 cm³/mol. The number of carbonyl (C=O) groups is 2. The van der Waals surface area contributed by atoms with E-state index in [-0.39, 0.29) is 29.6 Å². The summed E-state index contributed by atoms with van der Waals surface area (Å²) in [5, 5.41) is 5.62. The molecule has 2 N–H and O–H groups in total. The van der Waals surface area contributed by atoms with E-state index in [1.165, 1.54) is 12.1 Å². The fourth-order valence-electron chi connectivity index (χ4n) is 3.05. The molecule has 1 saturated heterocycles. The number of rotatable bonds is 6. The van der Waals surface area contributed by atoms with E-state index in [2.05, 4.69) is 15.5 Å². The summed E-state index contributed by atoms with van der Waals surface area (Å²) in [4.78, 5) is 26.0. The summed E-state index contributed by atoms with van der Waals surface area (Å²) in [5.74, 6) is -0.113. The lowest BCUT2D eigenvalue weighted by molar-refractivity contribution is -0.128. The standard InChI is InChI=1S/C18H26FN3O2/c1-13(22-11-8-15(9-12-22)18(24)20-2)17(23)21-10-7-14-3-5-16(19)6-4-14/h3-6,13,15H,7-12H2,1-2H3,(H,20,24)(H,21,23). The highest BCUT2D eigenvalue weighted by Gasteiger charge is 2.29. The van der Waals surface area contributed by atoms with Crippen LogP contribution in [0.2, 0.25) is 0 Å². The fraction of sp³-hybridized carbons (Fsp3) is 0.556. The number of carbonyl (C=O) groups excluding carboxylic acids is 2. The van der Waals surface area contributed by atoms with Gasteiger partial charge >= 0.3 is 0 Å². The number of hydrogen-bond donors (Lipinski definition) is 2. The van der Waals surface area contributed by atoms with Crippen LogP contribution in [-0.4, -0.2) is 49.4 Å². The summed E-state index contributed by atoms with van der Waals surface area (Å²) in [6.07, 6.45) is 2.25. The highest BCUT2D eigenvalue weighted by molar-refractivity contribution is 5.81. The molecule has 1 aromatic rings. The zero-order chi connectivity index (χ0) is 17.5. The van der Waals surface area contributed by atoms with Crippen LogP contribution in [0.5, 0.6) is 0 Å². The van der Waals surface area contributed by atoms with Gasteiger partial charge in [-0.2, -0.15) is 0 Å². The molecule has 0 radical (unpaired) electrons. The van der Waals surface area contributed by atoms with Gasteiger partial charge in [-0.25, -0.2) is 4.39 Å². The minimum Gasteiger partial charge on any atom is -0.359 e. The topological polar surface area (TPSA) is 61.4 Å². The smallest absolute Gasteiger partial charge is 0.237 e. The van der Waals surface area contributed by atoms with E-state index >= 15 is 0 Å². The van der Waals surface area contributed by atoms with Crippen LogP contribution in [0.15, 0.2) is 24.3 Å². The Morgan fingerprint density at radius 3 is 2.46 bits per heavy atom. The van der Waals surface area contributed by atoms with E-state index < -0.39 is 0 Å².